The summed E-state index contributed by atoms with van der Waals surface area (Å²) in [5.41, 5.74) is 0. The average Bonchev–Trinajstić information content (AvgIpc) is 2.88. The van der Waals surface area contributed by atoms with Gasteiger partial charge in [-0.05, 0) is 18.8 Å². The van der Waals surface area contributed by atoms with E-state index < -0.39 is 0 Å². The first-order valence-electron chi connectivity index (χ1n) is 5.78. The molecule has 2 rings (SSSR count). The highest BCUT2D eigenvalue weighted by atomic mass is 16.4. The topological polar surface area (TPSA) is 51.0 Å². The van der Waals surface area contributed by atoms with Crippen LogP contribution in [0.3, 0.4) is 0 Å². The van der Waals surface area contributed by atoms with Gasteiger partial charge in [-0.1, -0.05) is 13.8 Å². The van der Waals surface area contributed by atoms with E-state index in [9.17, 15) is 0 Å². The van der Waals surface area contributed by atoms with Crippen molar-refractivity contribution in [2.24, 2.45) is 5.92 Å². The molecule has 0 radical (unpaired) electrons. The Labute approximate surface area is 90.5 Å². The fraction of sp³-hybridized carbons (Fsp3) is 0.818. The maximum Gasteiger partial charge on any atom is 0.217 e. The van der Waals surface area contributed by atoms with Gasteiger partial charge in [0.15, 0.2) is 0 Å². The molecule has 1 aromatic rings. The van der Waals surface area contributed by atoms with Crippen LogP contribution in [0.4, 0.5) is 0 Å². The van der Waals surface area contributed by atoms with Crippen LogP contribution in [0.1, 0.15) is 38.5 Å². The normalized spacial score (nSPS) is 16.2. The summed E-state index contributed by atoms with van der Waals surface area (Å²) in [7, 11) is 0. The SMILES string of the molecule is CC(C)Cc1nnc(CCNC2CC2)o1. The molecule has 1 aliphatic carbocycles. The fourth-order valence-corrected chi connectivity index (χ4v) is 1.49. The summed E-state index contributed by atoms with van der Waals surface area (Å²) in [6, 6.07) is 0.753. The van der Waals surface area contributed by atoms with Crippen LogP contribution >= 0.6 is 0 Å². The fourth-order valence-electron chi connectivity index (χ4n) is 1.49. The summed E-state index contributed by atoms with van der Waals surface area (Å²) in [6.07, 6.45) is 4.37. The summed E-state index contributed by atoms with van der Waals surface area (Å²) in [4.78, 5) is 0. The Hall–Kier alpha value is -0.900. The molecule has 0 aliphatic heterocycles. The minimum absolute atomic E-state index is 0.572. The first-order chi connectivity index (χ1) is 7.24. The molecule has 1 heterocycles. The highest BCUT2D eigenvalue weighted by Crippen LogP contribution is 2.18. The number of aromatic nitrogens is 2. The second-order valence-electron chi connectivity index (χ2n) is 4.67. The maximum atomic E-state index is 5.53. The zero-order valence-corrected chi connectivity index (χ0v) is 9.49. The highest BCUT2D eigenvalue weighted by molar-refractivity contribution is 4.86. The molecule has 0 spiro atoms. The van der Waals surface area contributed by atoms with Gasteiger partial charge >= 0.3 is 0 Å². The molecule has 0 unspecified atom stereocenters. The van der Waals surface area contributed by atoms with E-state index in [1.165, 1.54) is 12.8 Å². The van der Waals surface area contributed by atoms with Crippen LogP contribution in [0.25, 0.3) is 0 Å². The van der Waals surface area contributed by atoms with Crippen molar-refractivity contribution in [2.45, 2.75) is 45.6 Å². The third-order valence-corrected chi connectivity index (χ3v) is 2.44. The quantitative estimate of drug-likeness (QED) is 0.772. The van der Waals surface area contributed by atoms with Crippen LogP contribution in [0, 0.1) is 5.92 Å². The molecule has 15 heavy (non-hydrogen) atoms. The van der Waals surface area contributed by atoms with Crippen molar-refractivity contribution in [1.82, 2.24) is 15.5 Å². The minimum atomic E-state index is 0.572. The van der Waals surface area contributed by atoms with E-state index in [0.717, 1.165) is 37.2 Å². The lowest BCUT2D eigenvalue weighted by molar-refractivity contribution is 0.421. The van der Waals surface area contributed by atoms with Gasteiger partial charge in [0.2, 0.25) is 11.8 Å². The molecule has 0 atom stereocenters. The van der Waals surface area contributed by atoms with Crippen LogP contribution in [0.5, 0.6) is 0 Å². The zero-order valence-electron chi connectivity index (χ0n) is 9.49. The van der Waals surface area contributed by atoms with E-state index in [4.69, 9.17) is 4.42 Å². The van der Waals surface area contributed by atoms with Crippen LogP contribution in [-0.2, 0) is 12.8 Å². The zero-order chi connectivity index (χ0) is 10.7. The Morgan fingerprint density at radius 2 is 2.07 bits per heavy atom. The van der Waals surface area contributed by atoms with Crippen LogP contribution < -0.4 is 5.32 Å². The van der Waals surface area contributed by atoms with Crippen LogP contribution in [0.15, 0.2) is 4.42 Å². The molecule has 0 aromatic carbocycles. The molecule has 1 saturated carbocycles. The molecule has 0 amide bonds. The largest absolute Gasteiger partial charge is 0.425 e. The van der Waals surface area contributed by atoms with E-state index in [2.05, 4.69) is 29.4 Å². The highest BCUT2D eigenvalue weighted by Gasteiger charge is 2.20. The van der Waals surface area contributed by atoms with Crippen molar-refractivity contribution in [3.63, 3.8) is 0 Å². The number of nitrogens with one attached hydrogen (secondary N) is 1. The predicted molar refractivity (Wildman–Crippen MR) is 57.6 cm³/mol. The van der Waals surface area contributed by atoms with Gasteiger partial charge in [-0.2, -0.15) is 0 Å². The standard InChI is InChI=1S/C11H19N3O/c1-8(2)7-11-14-13-10(15-11)5-6-12-9-3-4-9/h8-9,12H,3-7H2,1-2H3. The third kappa shape index (κ3) is 3.63. The lowest BCUT2D eigenvalue weighted by Gasteiger charge is -1.98. The summed E-state index contributed by atoms with van der Waals surface area (Å²) in [5, 5.41) is 11.5. The Morgan fingerprint density at radius 1 is 1.33 bits per heavy atom. The smallest absolute Gasteiger partial charge is 0.217 e. The van der Waals surface area contributed by atoms with Gasteiger partial charge in [0.1, 0.15) is 0 Å². The van der Waals surface area contributed by atoms with Crippen molar-refractivity contribution in [2.75, 3.05) is 6.54 Å². The molecule has 1 N–H and O–H groups in total. The minimum Gasteiger partial charge on any atom is -0.425 e. The van der Waals surface area contributed by atoms with E-state index in [-0.39, 0.29) is 0 Å². The second kappa shape index (κ2) is 4.75. The molecule has 84 valence electrons. The summed E-state index contributed by atoms with van der Waals surface area (Å²) >= 11 is 0. The van der Waals surface area contributed by atoms with Gasteiger partial charge in [0.05, 0.1) is 0 Å². The first kappa shape index (κ1) is 10.6. The molecule has 4 nitrogen and oxygen atoms in total. The summed E-state index contributed by atoms with van der Waals surface area (Å²) < 4.78 is 5.53. The van der Waals surface area contributed by atoms with E-state index in [0.29, 0.717) is 5.92 Å². The number of rotatable bonds is 6. The lowest BCUT2D eigenvalue weighted by atomic mass is 10.1. The van der Waals surface area contributed by atoms with E-state index in [1.54, 1.807) is 0 Å². The van der Waals surface area contributed by atoms with Crippen LogP contribution in [-0.4, -0.2) is 22.8 Å². The van der Waals surface area contributed by atoms with E-state index in [1.807, 2.05) is 0 Å². The van der Waals surface area contributed by atoms with Crippen molar-refractivity contribution in [3.8, 4) is 0 Å². The second-order valence-corrected chi connectivity index (χ2v) is 4.67. The van der Waals surface area contributed by atoms with Gasteiger partial charge < -0.3 is 9.73 Å². The molecule has 0 saturated heterocycles. The summed E-state index contributed by atoms with van der Waals surface area (Å²) in [6.45, 7) is 5.25. The monoisotopic (exact) mass is 209 g/mol. The van der Waals surface area contributed by atoms with Gasteiger partial charge in [0.25, 0.3) is 0 Å². The Kier molecular flexibility index (Phi) is 3.36. The molecule has 1 aliphatic rings. The number of nitrogens with zero attached hydrogens (tertiary/aromatic N) is 2. The van der Waals surface area contributed by atoms with Crippen molar-refractivity contribution in [1.29, 1.82) is 0 Å². The Morgan fingerprint density at radius 3 is 2.73 bits per heavy atom. The maximum absolute atomic E-state index is 5.53. The Balaban J connectivity index is 1.73. The predicted octanol–water partition coefficient (Wildman–Crippen LogP) is 1.56. The average molecular weight is 209 g/mol. The van der Waals surface area contributed by atoms with Gasteiger partial charge in [-0.3, -0.25) is 0 Å². The molecule has 1 fully saturated rings. The van der Waals surface area contributed by atoms with Crippen molar-refractivity contribution < 1.29 is 4.42 Å². The Bertz CT molecular complexity index is 305. The van der Waals surface area contributed by atoms with Crippen LogP contribution in [0.2, 0.25) is 0 Å². The van der Waals surface area contributed by atoms with Gasteiger partial charge in [-0.25, -0.2) is 0 Å². The van der Waals surface area contributed by atoms with Crippen molar-refractivity contribution in [3.05, 3.63) is 11.8 Å². The molecule has 0 bridgehead atoms. The third-order valence-electron chi connectivity index (χ3n) is 2.44. The first-order valence-corrected chi connectivity index (χ1v) is 5.78. The molecule has 1 aromatic heterocycles. The van der Waals surface area contributed by atoms with Crippen molar-refractivity contribution >= 4 is 0 Å². The number of hydrogen-bond acceptors (Lipinski definition) is 4. The lowest BCUT2D eigenvalue weighted by Crippen LogP contribution is -2.19. The molecule has 4 heteroatoms. The number of hydrogen-bond donors (Lipinski definition) is 1. The molecular weight excluding hydrogens is 190 g/mol. The summed E-state index contributed by atoms with van der Waals surface area (Å²) in [5.74, 6) is 2.10. The van der Waals surface area contributed by atoms with E-state index >= 15 is 0 Å². The van der Waals surface area contributed by atoms with Gasteiger partial charge in [0, 0.05) is 25.4 Å². The molecular formula is C11H19N3O. The van der Waals surface area contributed by atoms with Gasteiger partial charge in [-0.15, -0.1) is 10.2 Å².